The number of benzene rings is 1. The van der Waals surface area contributed by atoms with Crippen LogP contribution in [0.25, 0.3) is 0 Å². The maximum atomic E-state index is 12.9. The lowest BCUT2D eigenvalue weighted by Gasteiger charge is -2.24. The van der Waals surface area contributed by atoms with E-state index in [4.69, 9.17) is 5.73 Å². The second kappa shape index (κ2) is 7.24. The quantitative estimate of drug-likeness (QED) is 0.780. The summed E-state index contributed by atoms with van der Waals surface area (Å²) in [6.45, 7) is 7.30. The van der Waals surface area contributed by atoms with Gasteiger partial charge in [-0.3, -0.25) is 0 Å². The molecule has 0 saturated heterocycles. The van der Waals surface area contributed by atoms with E-state index in [2.05, 4.69) is 0 Å². The van der Waals surface area contributed by atoms with E-state index < -0.39 is 10.0 Å². The van der Waals surface area contributed by atoms with Gasteiger partial charge in [0.15, 0.2) is 0 Å². The summed E-state index contributed by atoms with van der Waals surface area (Å²) in [7, 11) is 0.366. The number of rotatable bonds is 7. The minimum absolute atomic E-state index is 0.326. The molecule has 1 aromatic rings. The number of sulfonamides is 1. The van der Waals surface area contributed by atoms with Crippen molar-refractivity contribution in [1.82, 2.24) is 9.21 Å². The van der Waals surface area contributed by atoms with Crippen LogP contribution in [0.2, 0.25) is 0 Å². The third kappa shape index (κ3) is 4.43. The maximum Gasteiger partial charge on any atom is 0.243 e. The fourth-order valence-electron chi connectivity index (χ4n) is 2.17. The van der Waals surface area contributed by atoms with Crippen LogP contribution in [0.15, 0.2) is 17.0 Å². The molecule has 6 heteroatoms. The molecule has 0 bridgehead atoms. The van der Waals surface area contributed by atoms with Crippen molar-refractivity contribution in [3.05, 3.63) is 23.3 Å². The number of nitrogens with zero attached hydrogens (tertiary/aromatic N) is 2. The van der Waals surface area contributed by atoms with E-state index in [0.717, 1.165) is 12.0 Å². The van der Waals surface area contributed by atoms with Crippen LogP contribution in [0.4, 0.5) is 5.69 Å². The Morgan fingerprint density at radius 3 is 2.24 bits per heavy atom. The van der Waals surface area contributed by atoms with Gasteiger partial charge in [-0.25, -0.2) is 8.42 Å². The molecule has 21 heavy (non-hydrogen) atoms. The van der Waals surface area contributed by atoms with Crippen molar-refractivity contribution in [3.63, 3.8) is 0 Å². The molecule has 0 atom stereocenters. The van der Waals surface area contributed by atoms with Gasteiger partial charge in [-0.05, 0) is 57.6 Å². The molecular formula is C15H27N3O2S. The Balaban J connectivity index is 3.22. The standard InChI is InChI=1S/C15H27N3O2S/c1-6-7-18(9-8-17(4)5)21(19,20)15-11-12(2)10-14(16)13(15)3/h10-11H,6-9,16H2,1-5H3. The highest BCUT2D eigenvalue weighted by Crippen LogP contribution is 2.26. The van der Waals surface area contributed by atoms with Gasteiger partial charge in [0.05, 0.1) is 4.90 Å². The van der Waals surface area contributed by atoms with Gasteiger partial charge in [0.25, 0.3) is 0 Å². The molecule has 0 heterocycles. The summed E-state index contributed by atoms with van der Waals surface area (Å²) in [6.07, 6.45) is 0.785. The predicted octanol–water partition coefficient (Wildman–Crippen LogP) is 1.85. The fourth-order valence-corrected chi connectivity index (χ4v) is 4.04. The van der Waals surface area contributed by atoms with Gasteiger partial charge in [-0.2, -0.15) is 4.31 Å². The maximum absolute atomic E-state index is 12.9. The first-order valence-electron chi connectivity index (χ1n) is 7.21. The van der Waals surface area contributed by atoms with Crippen molar-refractivity contribution in [3.8, 4) is 0 Å². The summed E-state index contributed by atoms with van der Waals surface area (Å²) in [5.74, 6) is 0. The average molecular weight is 313 g/mol. The minimum Gasteiger partial charge on any atom is -0.398 e. The lowest BCUT2D eigenvalue weighted by Crippen LogP contribution is -2.37. The summed E-state index contributed by atoms with van der Waals surface area (Å²) in [5, 5.41) is 0. The number of hydrogen-bond acceptors (Lipinski definition) is 4. The van der Waals surface area contributed by atoms with Crippen molar-refractivity contribution < 1.29 is 8.42 Å². The monoisotopic (exact) mass is 313 g/mol. The average Bonchev–Trinajstić information content (AvgIpc) is 2.38. The molecule has 0 unspecified atom stereocenters. The molecule has 0 spiro atoms. The third-order valence-electron chi connectivity index (χ3n) is 3.43. The first-order chi connectivity index (χ1) is 9.70. The number of nitrogens with two attached hydrogens (primary N) is 1. The summed E-state index contributed by atoms with van der Waals surface area (Å²) in [4.78, 5) is 2.31. The number of aryl methyl sites for hydroxylation is 1. The number of hydrogen-bond donors (Lipinski definition) is 1. The van der Waals surface area contributed by atoms with Crippen LogP contribution in [-0.2, 0) is 10.0 Å². The lowest BCUT2D eigenvalue weighted by atomic mass is 10.1. The molecule has 5 nitrogen and oxygen atoms in total. The highest BCUT2D eigenvalue weighted by Gasteiger charge is 2.26. The van der Waals surface area contributed by atoms with Crippen molar-refractivity contribution in [1.29, 1.82) is 0 Å². The normalized spacial score (nSPS) is 12.3. The predicted molar refractivity (Wildman–Crippen MR) is 87.9 cm³/mol. The largest absolute Gasteiger partial charge is 0.398 e. The Morgan fingerprint density at radius 1 is 1.10 bits per heavy atom. The zero-order valence-electron chi connectivity index (χ0n) is 13.7. The van der Waals surface area contributed by atoms with Gasteiger partial charge < -0.3 is 10.6 Å². The summed E-state index contributed by atoms with van der Waals surface area (Å²) in [6, 6.07) is 3.51. The molecule has 0 aliphatic rings. The van der Waals surface area contributed by atoms with Crippen molar-refractivity contribution in [2.75, 3.05) is 39.5 Å². The Bertz CT molecular complexity index is 583. The van der Waals surface area contributed by atoms with Crippen LogP contribution in [-0.4, -0.2) is 51.4 Å². The highest BCUT2D eigenvalue weighted by molar-refractivity contribution is 7.89. The SMILES string of the molecule is CCCN(CCN(C)C)S(=O)(=O)c1cc(C)cc(N)c1C. The number of likely N-dealkylation sites (N-methyl/N-ethyl adjacent to an activating group) is 1. The second-order valence-corrected chi connectivity index (χ2v) is 7.59. The van der Waals surface area contributed by atoms with Gasteiger partial charge >= 0.3 is 0 Å². The molecule has 0 fully saturated rings. The summed E-state index contributed by atoms with van der Waals surface area (Å²) < 4.78 is 27.4. The molecular weight excluding hydrogens is 286 g/mol. The molecule has 0 aromatic heterocycles. The highest BCUT2D eigenvalue weighted by atomic mass is 32.2. The topological polar surface area (TPSA) is 66.6 Å². The Hall–Kier alpha value is -1.11. The zero-order chi connectivity index (χ0) is 16.2. The van der Waals surface area contributed by atoms with E-state index in [1.165, 1.54) is 0 Å². The fraction of sp³-hybridized carbons (Fsp3) is 0.600. The van der Waals surface area contributed by atoms with E-state index >= 15 is 0 Å². The first-order valence-corrected chi connectivity index (χ1v) is 8.65. The van der Waals surface area contributed by atoms with Crippen LogP contribution in [0, 0.1) is 13.8 Å². The van der Waals surface area contributed by atoms with Crippen LogP contribution in [0.1, 0.15) is 24.5 Å². The van der Waals surface area contributed by atoms with E-state index in [9.17, 15) is 8.42 Å². The second-order valence-electron chi connectivity index (χ2n) is 5.68. The van der Waals surface area contributed by atoms with Gasteiger partial charge in [0, 0.05) is 25.3 Å². The van der Waals surface area contributed by atoms with Crippen molar-refractivity contribution in [2.45, 2.75) is 32.1 Å². The Morgan fingerprint density at radius 2 is 1.71 bits per heavy atom. The van der Waals surface area contributed by atoms with Crippen LogP contribution in [0.3, 0.4) is 0 Å². The van der Waals surface area contributed by atoms with Gasteiger partial charge in [0.2, 0.25) is 10.0 Å². The van der Waals surface area contributed by atoms with Crippen LogP contribution in [0.5, 0.6) is 0 Å². The molecule has 0 amide bonds. The van der Waals surface area contributed by atoms with E-state index in [1.807, 2.05) is 32.8 Å². The minimum atomic E-state index is -3.51. The zero-order valence-corrected chi connectivity index (χ0v) is 14.5. The van der Waals surface area contributed by atoms with Gasteiger partial charge in [-0.15, -0.1) is 0 Å². The number of anilines is 1. The van der Waals surface area contributed by atoms with E-state index in [-0.39, 0.29) is 0 Å². The third-order valence-corrected chi connectivity index (χ3v) is 5.46. The summed E-state index contributed by atoms with van der Waals surface area (Å²) in [5.41, 5.74) is 7.94. The van der Waals surface area contributed by atoms with E-state index in [1.54, 1.807) is 23.4 Å². The molecule has 2 N–H and O–H groups in total. The molecule has 0 aliphatic carbocycles. The van der Waals surface area contributed by atoms with Gasteiger partial charge in [-0.1, -0.05) is 6.92 Å². The Kier molecular flexibility index (Phi) is 6.19. The van der Waals surface area contributed by atoms with Crippen molar-refractivity contribution >= 4 is 15.7 Å². The van der Waals surface area contributed by atoms with Crippen LogP contribution >= 0.6 is 0 Å². The molecule has 1 aromatic carbocycles. The number of nitrogen functional groups attached to an aromatic ring is 1. The van der Waals surface area contributed by atoms with Gasteiger partial charge in [0.1, 0.15) is 0 Å². The van der Waals surface area contributed by atoms with E-state index in [0.29, 0.717) is 35.8 Å². The van der Waals surface area contributed by atoms with Crippen molar-refractivity contribution in [2.24, 2.45) is 0 Å². The first kappa shape index (κ1) is 17.9. The Labute approximate surface area is 128 Å². The molecule has 0 aliphatic heterocycles. The molecule has 120 valence electrons. The molecule has 1 rings (SSSR count). The smallest absolute Gasteiger partial charge is 0.243 e. The molecule has 0 radical (unpaired) electrons. The summed E-state index contributed by atoms with van der Waals surface area (Å²) >= 11 is 0. The lowest BCUT2D eigenvalue weighted by molar-refractivity contribution is 0.333. The molecule has 0 saturated carbocycles. The van der Waals surface area contributed by atoms with Crippen LogP contribution < -0.4 is 5.73 Å².